The van der Waals surface area contributed by atoms with Gasteiger partial charge in [0.05, 0.1) is 23.3 Å². The number of carbonyl (C=O) groups is 1. The molecule has 0 spiro atoms. The second-order valence-electron chi connectivity index (χ2n) is 8.41. The molecule has 0 amide bonds. The van der Waals surface area contributed by atoms with E-state index >= 15 is 0 Å². The van der Waals surface area contributed by atoms with Crippen LogP contribution in [-0.2, 0) is 9.61 Å². The van der Waals surface area contributed by atoms with Gasteiger partial charge in [0.2, 0.25) is 5.52 Å². The van der Waals surface area contributed by atoms with E-state index in [0.717, 1.165) is 41.9 Å². The highest BCUT2D eigenvalue weighted by Crippen LogP contribution is 2.49. The highest BCUT2D eigenvalue weighted by atomic mass is 127. The van der Waals surface area contributed by atoms with Gasteiger partial charge in [0, 0.05) is 16.9 Å². The molecule has 32 heavy (non-hydrogen) atoms. The molecule has 0 aliphatic heterocycles. The van der Waals surface area contributed by atoms with Gasteiger partial charge >= 0.3 is 0 Å². The fraction of sp³-hybridized carbons (Fsp3) is 0.333. The van der Waals surface area contributed by atoms with Gasteiger partial charge in [-0.3, -0.25) is 9.59 Å². The van der Waals surface area contributed by atoms with Crippen molar-refractivity contribution in [2.75, 3.05) is 0 Å². The number of aromatic nitrogens is 1. The molecule has 0 radical (unpaired) electrons. The monoisotopic (exact) mass is 675 g/mol. The van der Waals surface area contributed by atoms with Crippen molar-refractivity contribution in [2.45, 2.75) is 51.2 Å². The summed E-state index contributed by atoms with van der Waals surface area (Å²) in [4.78, 5) is 26.6. The molecule has 1 N–H and O–H groups in total. The zero-order valence-corrected chi connectivity index (χ0v) is 22.9. The van der Waals surface area contributed by atoms with Crippen LogP contribution in [0.25, 0.3) is 10.8 Å². The summed E-state index contributed by atoms with van der Waals surface area (Å²) in [5.74, 6) is -0.0102. The highest BCUT2D eigenvalue weighted by molar-refractivity contribution is 14.2. The van der Waals surface area contributed by atoms with Crippen LogP contribution in [0.15, 0.2) is 53.5 Å². The van der Waals surface area contributed by atoms with E-state index in [-0.39, 0.29) is 22.4 Å². The molecule has 1 aliphatic rings. The average Bonchev–Trinajstić information content (AvgIpc) is 2.82. The minimum absolute atomic E-state index is 0.0102. The lowest BCUT2D eigenvalue weighted by molar-refractivity contribution is 0.0561. The van der Waals surface area contributed by atoms with Crippen molar-refractivity contribution in [3.05, 3.63) is 70.1 Å². The number of phenolic OH excluding ortho intramolecular Hbond substituents is 1. The molecule has 3 aromatic rings. The quantitative estimate of drug-likeness (QED) is 0.243. The van der Waals surface area contributed by atoms with Crippen molar-refractivity contribution in [3.8, 4) is 5.75 Å². The van der Waals surface area contributed by atoms with E-state index in [2.05, 4.69) is 22.0 Å². The first-order chi connectivity index (χ1) is 15.3. The van der Waals surface area contributed by atoms with Gasteiger partial charge in [-0.05, 0) is 71.5 Å². The topological polar surface area (TPSA) is 68.5 Å². The summed E-state index contributed by atoms with van der Waals surface area (Å²) in [5, 5.41) is 12.5. The number of nitrogens with zero attached hydrogens (tertiary/aromatic N) is 1. The Balaban J connectivity index is 1.71. The van der Waals surface area contributed by atoms with Crippen LogP contribution in [0.4, 0.5) is 0 Å². The summed E-state index contributed by atoms with van der Waals surface area (Å²) in [6.07, 6.45) is 7.17. The third-order valence-electron chi connectivity index (χ3n) is 6.15. The van der Waals surface area contributed by atoms with Crippen LogP contribution in [0.1, 0.15) is 48.0 Å². The predicted octanol–water partition coefficient (Wildman–Crippen LogP) is 6.38. The number of hydrogen-bond acceptors (Lipinski definition) is 4. The molecule has 0 saturated heterocycles. The number of rotatable bonds is 6. The fourth-order valence-electron chi connectivity index (χ4n) is 4.40. The molecule has 4 rings (SSSR count). The van der Waals surface area contributed by atoms with E-state index in [1.807, 2.05) is 60.4 Å². The van der Waals surface area contributed by atoms with E-state index in [9.17, 15) is 14.7 Å². The molecule has 1 atom stereocenters. The molecule has 1 unspecified atom stereocenters. The molecular formula is C24H24I2NO4P. The summed E-state index contributed by atoms with van der Waals surface area (Å²) in [7, 11) is 0. The Morgan fingerprint density at radius 2 is 1.91 bits per heavy atom. The third kappa shape index (κ3) is 4.76. The molecule has 2 aromatic carbocycles. The first-order valence-corrected chi connectivity index (χ1v) is 15.6. The van der Waals surface area contributed by atoms with Gasteiger partial charge in [-0.1, -0.05) is 43.0 Å². The van der Waals surface area contributed by atoms with Crippen LogP contribution in [0.2, 0.25) is 0 Å². The molecule has 5 nitrogen and oxygen atoms in total. The number of hydrogen-bond donors (Lipinski definition) is 1. The Bertz CT molecular complexity index is 1220. The average molecular weight is 675 g/mol. The molecular weight excluding hydrogens is 651 g/mol. The van der Waals surface area contributed by atoms with Crippen molar-refractivity contribution in [1.82, 2.24) is 4.57 Å². The SMILES string of the molecule is Cc1ccc(O)c(C(=O)P(I)c2cccc3c(=O)n(CC4(OI)CCCCC4)ccc23)c1. The molecule has 1 fully saturated rings. The molecule has 168 valence electrons. The standard InChI is InChI=1S/C24H24I2NO4P/c1-16-8-9-20(28)19(14-16)23(30)32(26)21-7-5-6-18-17(21)10-13-27(22(18)29)15-24(31-25)11-3-2-4-12-24/h5-10,13-14,28H,2-4,11-12,15H2,1H3. The van der Waals surface area contributed by atoms with Crippen molar-refractivity contribution >= 4 is 72.2 Å². The molecule has 1 heterocycles. The van der Waals surface area contributed by atoms with Crippen molar-refractivity contribution in [2.24, 2.45) is 0 Å². The lowest BCUT2D eigenvalue weighted by Gasteiger charge is -2.35. The van der Waals surface area contributed by atoms with Gasteiger partial charge in [-0.2, -0.15) is 0 Å². The predicted molar refractivity (Wildman–Crippen MR) is 147 cm³/mol. The second kappa shape index (κ2) is 10.1. The zero-order valence-electron chi connectivity index (χ0n) is 17.7. The van der Waals surface area contributed by atoms with Gasteiger partial charge in [0.15, 0.2) is 0 Å². The van der Waals surface area contributed by atoms with E-state index in [1.165, 1.54) is 6.42 Å². The smallest absolute Gasteiger partial charge is 0.258 e. The molecule has 1 aromatic heterocycles. The number of aromatic hydroxyl groups is 1. The number of carbonyl (C=O) groups excluding carboxylic acids is 1. The lowest BCUT2D eigenvalue weighted by atomic mass is 9.85. The Morgan fingerprint density at radius 1 is 1.16 bits per heavy atom. The number of phenols is 1. The molecule has 1 aliphatic carbocycles. The number of halogens is 2. The summed E-state index contributed by atoms with van der Waals surface area (Å²) in [6.45, 7) is 2.43. The fourth-order valence-corrected chi connectivity index (χ4v) is 8.25. The number of fused-ring (bicyclic) bond motifs is 1. The first-order valence-electron chi connectivity index (χ1n) is 10.6. The zero-order chi connectivity index (χ0) is 22.9. The van der Waals surface area contributed by atoms with Crippen LogP contribution < -0.4 is 10.9 Å². The minimum Gasteiger partial charge on any atom is -0.507 e. The van der Waals surface area contributed by atoms with Gasteiger partial charge in [0.25, 0.3) is 5.56 Å². The van der Waals surface area contributed by atoms with Crippen LogP contribution in [0.5, 0.6) is 5.75 Å². The number of aryl methyl sites for hydroxylation is 1. The lowest BCUT2D eigenvalue weighted by Crippen LogP contribution is -2.40. The molecule has 0 bridgehead atoms. The van der Waals surface area contributed by atoms with E-state index in [1.54, 1.807) is 22.8 Å². The second-order valence-corrected chi connectivity index (χ2v) is 13.2. The Morgan fingerprint density at radius 3 is 2.62 bits per heavy atom. The van der Waals surface area contributed by atoms with Crippen LogP contribution >= 0.6 is 50.6 Å². The Labute approximate surface area is 215 Å². The van der Waals surface area contributed by atoms with Gasteiger partial charge < -0.3 is 12.7 Å². The maximum absolute atomic E-state index is 13.4. The highest BCUT2D eigenvalue weighted by Gasteiger charge is 2.34. The van der Waals surface area contributed by atoms with E-state index in [0.29, 0.717) is 17.5 Å². The number of benzene rings is 2. The maximum atomic E-state index is 13.4. The van der Waals surface area contributed by atoms with Crippen molar-refractivity contribution < 1.29 is 13.0 Å². The minimum atomic E-state index is -1.30. The summed E-state index contributed by atoms with van der Waals surface area (Å²) in [5.41, 5.74) is -0.528. The summed E-state index contributed by atoms with van der Waals surface area (Å²) in [6, 6.07) is 12.6. The van der Waals surface area contributed by atoms with Crippen molar-refractivity contribution in [3.63, 3.8) is 0 Å². The Kier molecular flexibility index (Phi) is 7.59. The van der Waals surface area contributed by atoms with Gasteiger partial charge in [-0.25, -0.2) is 0 Å². The van der Waals surface area contributed by atoms with Crippen LogP contribution in [0, 0.1) is 6.92 Å². The normalized spacial score (nSPS) is 16.7. The maximum Gasteiger partial charge on any atom is 0.258 e. The van der Waals surface area contributed by atoms with E-state index in [4.69, 9.17) is 3.07 Å². The molecule has 8 heteroatoms. The number of pyridine rings is 1. The first kappa shape index (κ1) is 24.1. The Hall–Kier alpha value is -1.03. The molecule has 1 saturated carbocycles. The van der Waals surface area contributed by atoms with Crippen LogP contribution in [0.3, 0.4) is 0 Å². The van der Waals surface area contributed by atoms with Gasteiger partial charge in [0.1, 0.15) is 28.8 Å². The summed E-state index contributed by atoms with van der Waals surface area (Å²) >= 11 is 4.14. The summed E-state index contributed by atoms with van der Waals surface area (Å²) < 4.78 is 7.61. The van der Waals surface area contributed by atoms with Gasteiger partial charge in [-0.15, -0.1) is 0 Å². The van der Waals surface area contributed by atoms with E-state index < -0.39 is 5.56 Å². The van der Waals surface area contributed by atoms with Crippen molar-refractivity contribution in [1.29, 1.82) is 0 Å². The third-order valence-corrected chi connectivity index (χ3v) is 11.4. The largest absolute Gasteiger partial charge is 0.507 e. The van der Waals surface area contributed by atoms with Crippen LogP contribution in [-0.4, -0.2) is 20.8 Å².